The van der Waals surface area contributed by atoms with Gasteiger partial charge in [-0.25, -0.2) is 8.42 Å². The van der Waals surface area contributed by atoms with Crippen molar-refractivity contribution in [1.29, 1.82) is 0 Å². The Morgan fingerprint density at radius 3 is 2.33 bits per heavy atom. The molecule has 1 aliphatic heterocycles. The Balaban J connectivity index is 1.36. The average Bonchev–Trinajstić information content (AvgIpc) is 2.86. The highest BCUT2D eigenvalue weighted by Gasteiger charge is 2.18. The van der Waals surface area contributed by atoms with Crippen LogP contribution in [0.25, 0.3) is 0 Å². The maximum absolute atomic E-state index is 12.7. The van der Waals surface area contributed by atoms with E-state index in [0.29, 0.717) is 17.8 Å². The van der Waals surface area contributed by atoms with Gasteiger partial charge in [-0.05, 0) is 53.4 Å². The van der Waals surface area contributed by atoms with Gasteiger partial charge in [0.05, 0.1) is 31.7 Å². The van der Waals surface area contributed by atoms with E-state index in [-0.39, 0.29) is 12.5 Å². The topological polar surface area (TPSA) is 79.0 Å². The molecule has 1 saturated heterocycles. The Kier molecular flexibility index (Phi) is 8.40. The third-order valence-corrected chi connectivity index (χ3v) is 7.33. The van der Waals surface area contributed by atoms with Gasteiger partial charge in [-0.3, -0.25) is 14.0 Å². The summed E-state index contributed by atoms with van der Waals surface area (Å²) in [5.41, 5.74) is 5.21. The summed E-state index contributed by atoms with van der Waals surface area (Å²) in [6, 6.07) is 22.7. The lowest BCUT2D eigenvalue weighted by Gasteiger charge is -2.26. The maximum atomic E-state index is 12.7. The molecule has 7 nitrogen and oxygen atoms in total. The number of anilines is 1. The second kappa shape index (κ2) is 11.7. The molecule has 1 aliphatic rings. The lowest BCUT2D eigenvalue weighted by atomic mass is 10.1. The lowest BCUT2D eigenvalue weighted by molar-refractivity contribution is 0.0342. The summed E-state index contributed by atoms with van der Waals surface area (Å²) in [6.07, 6.45) is 1.20. The number of morpholine rings is 1. The molecule has 36 heavy (non-hydrogen) atoms. The molecule has 3 aromatic carbocycles. The average molecular weight is 508 g/mol. The molecule has 3 aromatic rings. The van der Waals surface area contributed by atoms with Crippen LogP contribution in [0.5, 0.6) is 0 Å². The number of hydrogen-bond donors (Lipinski definition) is 1. The molecule has 1 N–H and O–H groups in total. The molecule has 1 heterocycles. The minimum absolute atomic E-state index is 0.168. The lowest BCUT2D eigenvalue weighted by Crippen LogP contribution is -2.35. The number of hydrogen-bond acceptors (Lipinski definition) is 5. The van der Waals surface area contributed by atoms with Gasteiger partial charge in [-0.15, -0.1) is 0 Å². The highest BCUT2D eigenvalue weighted by molar-refractivity contribution is 7.92. The molecular formula is C28H33N3O4S. The van der Waals surface area contributed by atoms with Crippen molar-refractivity contribution >= 4 is 21.6 Å². The van der Waals surface area contributed by atoms with Gasteiger partial charge in [0.15, 0.2) is 0 Å². The number of carbonyl (C=O) groups is 1. The number of nitrogens with one attached hydrogen (secondary N) is 1. The summed E-state index contributed by atoms with van der Waals surface area (Å²) >= 11 is 0. The van der Waals surface area contributed by atoms with Gasteiger partial charge in [0.2, 0.25) is 10.0 Å². The highest BCUT2D eigenvalue weighted by Crippen LogP contribution is 2.22. The van der Waals surface area contributed by atoms with Gasteiger partial charge in [0.25, 0.3) is 5.91 Å². The normalized spacial score (nSPS) is 14.4. The van der Waals surface area contributed by atoms with Crippen molar-refractivity contribution in [1.82, 2.24) is 10.2 Å². The first kappa shape index (κ1) is 25.9. The third-order valence-electron chi connectivity index (χ3n) is 6.19. The minimum atomic E-state index is -3.47. The van der Waals surface area contributed by atoms with E-state index in [1.807, 2.05) is 37.3 Å². The van der Waals surface area contributed by atoms with E-state index in [9.17, 15) is 13.2 Å². The zero-order valence-corrected chi connectivity index (χ0v) is 21.6. The van der Waals surface area contributed by atoms with E-state index in [0.717, 1.165) is 49.5 Å². The van der Waals surface area contributed by atoms with Crippen LogP contribution in [-0.2, 0) is 34.4 Å². The standard InChI is InChI=1S/C28H33N3O4S/c1-22-5-3-8-27(17-22)31(36(2,33)34)21-23-9-11-26(12-10-23)28(32)29-19-24-6-4-7-25(18-24)20-30-13-15-35-16-14-30/h3-12,17-18H,13-16,19-21H2,1-2H3,(H,29,32). The maximum Gasteiger partial charge on any atom is 0.251 e. The number of benzene rings is 3. The first-order valence-electron chi connectivity index (χ1n) is 12.1. The zero-order chi connectivity index (χ0) is 25.5. The van der Waals surface area contributed by atoms with Gasteiger partial charge in [-0.1, -0.05) is 48.5 Å². The number of aryl methyl sites for hydroxylation is 1. The quantitative estimate of drug-likeness (QED) is 0.478. The van der Waals surface area contributed by atoms with Crippen molar-refractivity contribution in [3.05, 3.63) is 101 Å². The van der Waals surface area contributed by atoms with Crippen LogP contribution in [0.4, 0.5) is 5.69 Å². The number of ether oxygens (including phenoxy) is 1. The Labute approximate surface area is 213 Å². The molecule has 190 valence electrons. The fourth-order valence-electron chi connectivity index (χ4n) is 4.25. The largest absolute Gasteiger partial charge is 0.379 e. The number of sulfonamides is 1. The van der Waals surface area contributed by atoms with Crippen LogP contribution in [-0.4, -0.2) is 51.8 Å². The molecule has 0 bridgehead atoms. The molecule has 0 aromatic heterocycles. The van der Waals surface area contributed by atoms with E-state index >= 15 is 0 Å². The van der Waals surface area contributed by atoms with Crippen molar-refractivity contribution in [2.24, 2.45) is 0 Å². The second-order valence-electron chi connectivity index (χ2n) is 9.20. The molecule has 1 fully saturated rings. The summed E-state index contributed by atoms with van der Waals surface area (Å²) in [7, 11) is -3.47. The summed E-state index contributed by atoms with van der Waals surface area (Å²) in [5.74, 6) is -0.168. The summed E-state index contributed by atoms with van der Waals surface area (Å²) in [6.45, 7) is 6.84. The van der Waals surface area contributed by atoms with E-state index in [4.69, 9.17) is 4.74 Å². The molecule has 0 radical (unpaired) electrons. The van der Waals surface area contributed by atoms with Crippen LogP contribution in [0.3, 0.4) is 0 Å². The van der Waals surface area contributed by atoms with Crippen molar-refractivity contribution < 1.29 is 17.9 Å². The highest BCUT2D eigenvalue weighted by atomic mass is 32.2. The molecule has 0 spiro atoms. The number of carbonyl (C=O) groups excluding carboxylic acids is 1. The molecular weight excluding hydrogens is 474 g/mol. The van der Waals surface area contributed by atoms with Crippen LogP contribution in [0.2, 0.25) is 0 Å². The molecule has 0 atom stereocenters. The SMILES string of the molecule is Cc1cccc(N(Cc2ccc(C(=O)NCc3cccc(CN4CCOCC4)c3)cc2)S(C)(=O)=O)c1. The Hall–Kier alpha value is -3.20. The Morgan fingerprint density at radius 1 is 0.944 bits per heavy atom. The smallest absolute Gasteiger partial charge is 0.251 e. The van der Waals surface area contributed by atoms with Gasteiger partial charge in [0.1, 0.15) is 0 Å². The van der Waals surface area contributed by atoms with E-state index < -0.39 is 10.0 Å². The zero-order valence-electron chi connectivity index (χ0n) is 20.8. The summed E-state index contributed by atoms with van der Waals surface area (Å²) in [4.78, 5) is 15.1. The van der Waals surface area contributed by atoms with Gasteiger partial charge >= 0.3 is 0 Å². The first-order chi connectivity index (χ1) is 17.3. The Bertz CT molecular complexity index is 1290. The second-order valence-corrected chi connectivity index (χ2v) is 11.1. The fourth-order valence-corrected chi connectivity index (χ4v) is 5.13. The monoisotopic (exact) mass is 507 g/mol. The predicted octanol–water partition coefficient (Wildman–Crippen LogP) is 3.72. The third kappa shape index (κ3) is 7.16. The van der Waals surface area contributed by atoms with Crippen LogP contribution >= 0.6 is 0 Å². The predicted molar refractivity (Wildman–Crippen MR) is 142 cm³/mol. The molecule has 4 rings (SSSR count). The van der Waals surface area contributed by atoms with E-state index in [1.165, 1.54) is 16.1 Å². The summed E-state index contributed by atoms with van der Waals surface area (Å²) < 4.78 is 31.7. The minimum Gasteiger partial charge on any atom is -0.379 e. The first-order valence-corrected chi connectivity index (χ1v) is 13.9. The van der Waals surface area contributed by atoms with Crippen molar-refractivity contribution in [2.45, 2.75) is 26.6 Å². The molecule has 0 saturated carbocycles. The van der Waals surface area contributed by atoms with Gasteiger partial charge in [0, 0.05) is 31.7 Å². The van der Waals surface area contributed by atoms with E-state index in [2.05, 4.69) is 22.3 Å². The van der Waals surface area contributed by atoms with Gasteiger partial charge in [-0.2, -0.15) is 0 Å². The molecule has 0 unspecified atom stereocenters. The number of amides is 1. The van der Waals surface area contributed by atoms with Crippen LogP contribution in [0, 0.1) is 6.92 Å². The molecule has 8 heteroatoms. The van der Waals surface area contributed by atoms with Crippen LogP contribution < -0.4 is 9.62 Å². The Morgan fingerprint density at radius 2 is 1.64 bits per heavy atom. The molecule has 0 aliphatic carbocycles. The number of nitrogens with zero attached hydrogens (tertiary/aromatic N) is 2. The van der Waals surface area contributed by atoms with Crippen LogP contribution in [0.15, 0.2) is 72.8 Å². The number of rotatable bonds is 9. The fraction of sp³-hybridized carbons (Fsp3) is 0.321. The van der Waals surface area contributed by atoms with Crippen molar-refractivity contribution in [3.8, 4) is 0 Å². The van der Waals surface area contributed by atoms with Crippen LogP contribution in [0.1, 0.15) is 32.6 Å². The molecule has 1 amide bonds. The van der Waals surface area contributed by atoms with Crippen molar-refractivity contribution in [2.75, 3.05) is 36.9 Å². The van der Waals surface area contributed by atoms with Gasteiger partial charge < -0.3 is 10.1 Å². The van der Waals surface area contributed by atoms with E-state index in [1.54, 1.807) is 30.3 Å². The summed E-state index contributed by atoms with van der Waals surface area (Å²) in [5, 5.41) is 2.98. The van der Waals surface area contributed by atoms with Crippen molar-refractivity contribution in [3.63, 3.8) is 0 Å².